The van der Waals surface area contributed by atoms with E-state index < -0.39 is 17.8 Å². The number of nitrogen functional groups attached to an aromatic ring is 1. The van der Waals surface area contributed by atoms with E-state index in [1.165, 1.54) is 6.07 Å². The van der Waals surface area contributed by atoms with Gasteiger partial charge in [0.1, 0.15) is 17.5 Å². The summed E-state index contributed by atoms with van der Waals surface area (Å²) in [5.74, 6) is 1.78. The first kappa shape index (κ1) is 23.5. The molecule has 8 nitrogen and oxygen atoms in total. The van der Waals surface area contributed by atoms with Crippen LogP contribution in [0.4, 0.5) is 30.5 Å². The molecule has 1 fully saturated rings. The number of nitrogens with one attached hydrogen (secondary N) is 1. The van der Waals surface area contributed by atoms with Crippen LogP contribution >= 0.6 is 0 Å². The number of fused-ring (bicyclic) bond motifs is 1. The lowest BCUT2D eigenvalue weighted by Gasteiger charge is -2.35. The maximum Gasteiger partial charge on any atom is 0.416 e. The van der Waals surface area contributed by atoms with E-state index in [1.807, 2.05) is 6.07 Å². The van der Waals surface area contributed by atoms with Crippen LogP contribution in [0.1, 0.15) is 36.8 Å². The highest BCUT2D eigenvalue weighted by atomic mass is 19.4. The van der Waals surface area contributed by atoms with Crippen molar-refractivity contribution in [2.75, 3.05) is 42.1 Å². The Labute approximate surface area is 195 Å². The van der Waals surface area contributed by atoms with Crippen LogP contribution in [0.2, 0.25) is 0 Å². The molecule has 1 atom stereocenters. The van der Waals surface area contributed by atoms with Crippen LogP contribution in [-0.4, -0.2) is 51.9 Å². The predicted octanol–water partition coefficient (Wildman–Crippen LogP) is 3.78. The Kier molecular flexibility index (Phi) is 6.20. The van der Waals surface area contributed by atoms with E-state index in [4.69, 9.17) is 5.73 Å². The van der Waals surface area contributed by atoms with Gasteiger partial charge in [-0.05, 0) is 43.7 Å². The lowest BCUT2D eigenvalue weighted by Crippen LogP contribution is -2.48. The fourth-order valence-corrected chi connectivity index (χ4v) is 4.05. The zero-order chi connectivity index (χ0) is 24.6. The van der Waals surface area contributed by atoms with Gasteiger partial charge in [-0.25, -0.2) is 15.0 Å². The van der Waals surface area contributed by atoms with Crippen molar-refractivity contribution in [1.29, 1.82) is 0 Å². The van der Waals surface area contributed by atoms with Crippen LogP contribution in [0, 0.1) is 6.92 Å². The molecule has 1 aliphatic rings. The number of halogens is 3. The van der Waals surface area contributed by atoms with Gasteiger partial charge in [0.25, 0.3) is 0 Å². The number of anilines is 3. The zero-order valence-corrected chi connectivity index (χ0v) is 19.1. The summed E-state index contributed by atoms with van der Waals surface area (Å²) in [6, 6.07) is 4.90. The highest BCUT2D eigenvalue weighted by Crippen LogP contribution is 2.34. The van der Waals surface area contributed by atoms with Crippen molar-refractivity contribution < 1.29 is 18.0 Å². The Morgan fingerprint density at radius 2 is 1.82 bits per heavy atom. The molecule has 1 saturated heterocycles. The second-order valence-electron chi connectivity index (χ2n) is 8.42. The molecule has 4 rings (SSSR count). The van der Waals surface area contributed by atoms with E-state index in [0.29, 0.717) is 54.3 Å². The molecular weight excluding hydrogens is 447 g/mol. The molecule has 11 heteroatoms. The first-order valence-corrected chi connectivity index (χ1v) is 10.9. The van der Waals surface area contributed by atoms with Gasteiger partial charge in [0.05, 0.1) is 23.3 Å². The minimum atomic E-state index is -4.49. The largest absolute Gasteiger partial charge is 0.416 e. The number of benzene rings is 1. The van der Waals surface area contributed by atoms with Crippen molar-refractivity contribution in [3.63, 3.8) is 0 Å². The standard InChI is InChI=1S/C23H26F3N7O/c1-13(16-8-17(23(24,25)26)10-18(27)9-16)29-22-19-11-21(28-12-20(19)30-14(2)31-22)33-6-4-32(5-7-33)15(3)34/h8-13H,4-7,27H2,1-3H3,(H,29,30,31)/t13-/m1/s1. The van der Waals surface area contributed by atoms with Crippen LogP contribution in [-0.2, 0) is 11.0 Å². The fourth-order valence-electron chi connectivity index (χ4n) is 4.05. The highest BCUT2D eigenvalue weighted by Gasteiger charge is 2.31. The second-order valence-corrected chi connectivity index (χ2v) is 8.42. The van der Waals surface area contributed by atoms with Gasteiger partial charge >= 0.3 is 6.18 Å². The zero-order valence-electron chi connectivity index (χ0n) is 19.1. The average Bonchev–Trinajstić information content (AvgIpc) is 2.77. The van der Waals surface area contributed by atoms with Crippen LogP contribution in [0.15, 0.2) is 30.5 Å². The Morgan fingerprint density at radius 3 is 2.47 bits per heavy atom. The van der Waals surface area contributed by atoms with Gasteiger partial charge in [-0.1, -0.05) is 0 Å². The normalized spacial score (nSPS) is 15.5. The maximum absolute atomic E-state index is 13.3. The molecule has 1 amide bonds. The predicted molar refractivity (Wildman–Crippen MR) is 124 cm³/mol. The van der Waals surface area contributed by atoms with Crippen molar-refractivity contribution >= 4 is 34.1 Å². The number of amides is 1. The number of piperazine rings is 1. The van der Waals surface area contributed by atoms with E-state index in [0.717, 1.165) is 18.0 Å². The van der Waals surface area contributed by atoms with E-state index in [2.05, 4.69) is 25.2 Å². The number of nitrogens with zero attached hydrogens (tertiary/aromatic N) is 5. The van der Waals surface area contributed by atoms with Gasteiger partial charge in [0.15, 0.2) is 0 Å². The molecule has 3 N–H and O–H groups in total. The minimum absolute atomic E-state index is 0.0402. The summed E-state index contributed by atoms with van der Waals surface area (Å²) in [6.45, 7) is 7.56. The molecule has 1 aromatic carbocycles. The molecule has 3 aromatic rings. The third-order valence-corrected chi connectivity index (χ3v) is 5.89. The fraction of sp³-hybridized carbons (Fsp3) is 0.391. The van der Waals surface area contributed by atoms with Crippen molar-refractivity contribution in [3.8, 4) is 0 Å². The Balaban J connectivity index is 1.64. The summed E-state index contributed by atoms with van der Waals surface area (Å²) in [6.07, 6.45) is -2.83. The molecule has 0 radical (unpaired) electrons. The van der Waals surface area contributed by atoms with Crippen molar-refractivity contribution in [2.45, 2.75) is 33.0 Å². The number of pyridine rings is 1. The molecule has 180 valence electrons. The SMILES string of the molecule is CC(=O)N1CCN(c2cc3c(N[C@H](C)c4cc(N)cc(C(F)(F)F)c4)nc(C)nc3cn2)CC1. The van der Waals surface area contributed by atoms with E-state index in [1.54, 1.807) is 31.9 Å². The number of hydrogen-bond donors (Lipinski definition) is 2. The molecule has 0 saturated carbocycles. The average molecular weight is 474 g/mol. The molecule has 0 spiro atoms. The number of alkyl halides is 3. The van der Waals surface area contributed by atoms with Gasteiger partial charge < -0.3 is 20.9 Å². The van der Waals surface area contributed by atoms with Crippen LogP contribution in [0.25, 0.3) is 10.9 Å². The third-order valence-electron chi connectivity index (χ3n) is 5.89. The van der Waals surface area contributed by atoms with Crippen molar-refractivity contribution in [2.24, 2.45) is 0 Å². The molecule has 34 heavy (non-hydrogen) atoms. The molecule has 0 bridgehead atoms. The number of hydrogen-bond acceptors (Lipinski definition) is 7. The Morgan fingerprint density at radius 1 is 1.12 bits per heavy atom. The summed E-state index contributed by atoms with van der Waals surface area (Å²) in [4.78, 5) is 29.0. The molecule has 3 heterocycles. The summed E-state index contributed by atoms with van der Waals surface area (Å²) in [5, 5.41) is 3.93. The Bertz CT molecular complexity index is 1220. The van der Waals surface area contributed by atoms with E-state index >= 15 is 0 Å². The van der Waals surface area contributed by atoms with Gasteiger partial charge in [0, 0.05) is 44.2 Å². The number of rotatable bonds is 4. The van der Waals surface area contributed by atoms with Crippen molar-refractivity contribution in [1.82, 2.24) is 19.9 Å². The van der Waals surface area contributed by atoms with Crippen LogP contribution in [0.3, 0.4) is 0 Å². The quantitative estimate of drug-likeness (QED) is 0.557. The van der Waals surface area contributed by atoms with Crippen LogP contribution < -0.4 is 16.0 Å². The second kappa shape index (κ2) is 8.96. The lowest BCUT2D eigenvalue weighted by molar-refractivity contribution is -0.137. The molecule has 0 aliphatic carbocycles. The van der Waals surface area contributed by atoms with Crippen LogP contribution in [0.5, 0.6) is 0 Å². The minimum Gasteiger partial charge on any atom is -0.399 e. The number of aryl methyl sites for hydroxylation is 1. The molecule has 0 unspecified atom stereocenters. The summed E-state index contributed by atoms with van der Waals surface area (Å²) >= 11 is 0. The highest BCUT2D eigenvalue weighted by molar-refractivity contribution is 5.90. The topological polar surface area (TPSA) is 100 Å². The third kappa shape index (κ3) is 4.97. The van der Waals surface area contributed by atoms with E-state index in [9.17, 15) is 18.0 Å². The molecule has 2 aromatic heterocycles. The summed E-state index contributed by atoms with van der Waals surface area (Å²) in [7, 11) is 0. The van der Waals surface area contributed by atoms with Gasteiger partial charge in [-0.2, -0.15) is 13.2 Å². The number of carbonyl (C=O) groups is 1. The smallest absolute Gasteiger partial charge is 0.399 e. The van der Waals surface area contributed by atoms with Gasteiger partial charge in [0.2, 0.25) is 5.91 Å². The number of aromatic nitrogens is 3. The molecule has 1 aliphatic heterocycles. The Hall–Kier alpha value is -3.63. The maximum atomic E-state index is 13.3. The monoisotopic (exact) mass is 473 g/mol. The van der Waals surface area contributed by atoms with Gasteiger partial charge in [-0.3, -0.25) is 4.79 Å². The van der Waals surface area contributed by atoms with Crippen molar-refractivity contribution in [3.05, 3.63) is 47.4 Å². The van der Waals surface area contributed by atoms with Gasteiger partial charge in [-0.15, -0.1) is 0 Å². The van der Waals surface area contributed by atoms with E-state index in [-0.39, 0.29) is 11.6 Å². The first-order valence-electron chi connectivity index (χ1n) is 10.9. The summed E-state index contributed by atoms with van der Waals surface area (Å²) < 4.78 is 39.8. The summed E-state index contributed by atoms with van der Waals surface area (Å²) in [5.41, 5.74) is 6.00. The molecular formula is C23H26F3N7O. The number of carbonyl (C=O) groups excluding carboxylic acids is 1. The first-order chi connectivity index (χ1) is 16.0. The number of nitrogens with two attached hydrogens (primary N) is 1. The lowest BCUT2D eigenvalue weighted by atomic mass is 10.0.